The van der Waals surface area contributed by atoms with Crippen molar-refractivity contribution in [1.29, 1.82) is 0 Å². The van der Waals surface area contributed by atoms with E-state index in [-0.39, 0.29) is 17.5 Å². The molecule has 0 unspecified atom stereocenters. The number of aryl methyl sites for hydroxylation is 1. The van der Waals surface area contributed by atoms with Crippen LogP contribution in [0.5, 0.6) is 0 Å². The van der Waals surface area contributed by atoms with Crippen LogP contribution in [0.15, 0.2) is 29.1 Å². The lowest BCUT2D eigenvalue weighted by atomic mass is 9.89. The molecule has 0 spiro atoms. The van der Waals surface area contributed by atoms with Crippen molar-refractivity contribution in [3.8, 4) is 5.69 Å². The van der Waals surface area contributed by atoms with Crippen molar-refractivity contribution in [3.63, 3.8) is 0 Å². The maximum Gasteiger partial charge on any atom is 0.276 e. The van der Waals surface area contributed by atoms with Gasteiger partial charge in [0.1, 0.15) is 0 Å². The molecular formula is C15H21N3O. The number of H-pyrrole nitrogens is 1. The predicted molar refractivity (Wildman–Crippen MR) is 77.7 cm³/mol. The van der Waals surface area contributed by atoms with E-state index in [1.807, 2.05) is 31.2 Å². The van der Waals surface area contributed by atoms with Gasteiger partial charge in [-0.05, 0) is 18.6 Å². The van der Waals surface area contributed by atoms with Crippen LogP contribution in [0, 0.1) is 6.92 Å². The third-order valence-electron chi connectivity index (χ3n) is 3.30. The van der Waals surface area contributed by atoms with Crippen LogP contribution in [-0.4, -0.2) is 9.78 Å². The Kier molecular flexibility index (Phi) is 3.37. The average molecular weight is 259 g/mol. The summed E-state index contributed by atoms with van der Waals surface area (Å²) < 4.78 is 1.60. The summed E-state index contributed by atoms with van der Waals surface area (Å²) in [7, 11) is 0. The van der Waals surface area contributed by atoms with E-state index in [9.17, 15) is 4.79 Å². The summed E-state index contributed by atoms with van der Waals surface area (Å²) in [6, 6.07) is 7.80. The normalized spacial score (nSPS) is 11.8. The van der Waals surface area contributed by atoms with Gasteiger partial charge in [0, 0.05) is 17.7 Å². The van der Waals surface area contributed by atoms with Gasteiger partial charge in [0.25, 0.3) is 5.56 Å². The summed E-state index contributed by atoms with van der Waals surface area (Å²) in [4.78, 5) is 12.5. The third kappa shape index (κ3) is 2.36. The number of nitrogens with zero attached hydrogens (tertiary/aromatic N) is 1. The molecule has 2 rings (SSSR count). The first-order valence-corrected chi connectivity index (χ1v) is 6.46. The molecule has 0 aliphatic carbocycles. The monoisotopic (exact) mass is 259 g/mol. The highest BCUT2D eigenvalue weighted by atomic mass is 16.1. The summed E-state index contributed by atoms with van der Waals surface area (Å²) >= 11 is 0. The molecule has 3 N–H and O–H groups in total. The maximum atomic E-state index is 12.5. The fourth-order valence-electron chi connectivity index (χ4n) is 2.27. The number of hydrogen-bond donors (Lipinski definition) is 2. The molecule has 0 radical (unpaired) electrons. The number of aromatic amines is 1. The second-order valence-electron chi connectivity index (χ2n) is 5.85. The van der Waals surface area contributed by atoms with Crippen molar-refractivity contribution < 1.29 is 0 Å². The van der Waals surface area contributed by atoms with Gasteiger partial charge in [0.15, 0.2) is 0 Å². The molecule has 1 heterocycles. The molecular weight excluding hydrogens is 238 g/mol. The van der Waals surface area contributed by atoms with Gasteiger partial charge in [0.05, 0.1) is 11.3 Å². The Morgan fingerprint density at radius 2 is 1.89 bits per heavy atom. The Bertz CT molecular complexity index is 644. The van der Waals surface area contributed by atoms with Crippen LogP contribution in [0.3, 0.4) is 0 Å². The van der Waals surface area contributed by atoms with Crippen molar-refractivity contribution in [2.45, 2.75) is 39.7 Å². The first kappa shape index (κ1) is 13.6. The molecule has 4 nitrogen and oxygen atoms in total. The molecule has 0 saturated carbocycles. The quantitative estimate of drug-likeness (QED) is 0.868. The molecule has 0 saturated heterocycles. The molecule has 2 aromatic rings. The van der Waals surface area contributed by atoms with Gasteiger partial charge in [0.2, 0.25) is 0 Å². The molecule has 0 aliphatic rings. The van der Waals surface area contributed by atoms with Crippen molar-refractivity contribution in [1.82, 2.24) is 9.78 Å². The Hall–Kier alpha value is -1.81. The van der Waals surface area contributed by atoms with E-state index in [0.717, 1.165) is 16.9 Å². The highest BCUT2D eigenvalue weighted by Crippen LogP contribution is 2.23. The number of benzene rings is 1. The maximum absolute atomic E-state index is 12.5. The van der Waals surface area contributed by atoms with E-state index in [1.54, 1.807) is 4.68 Å². The van der Waals surface area contributed by atoms with E-state index in [1.165, 1.54) is 0 Å². The zero-order chi connectivity index (χ0) is 14.2. The highest BCUT2D eigenvalue weighted by molar-refractivity contribution is 5.41. The minimum absolute atomic E-state index is 0.0540. The largest absolute Gasteiger partial charge is 0.326 e. The lowest BCUT2D eigenvalue weighted by molar-refractivity contribution is 0.554. The molecule has 0 bridgehead atoms. The Morgan fingerprint density at radius 1 is 1.26 bits per heavy atom. The molecule has 0 fully saturated rings. The van der Waals surface area contributed by atoms with Crippen molar-refractivity contribution >= 4 is 0 Å². The average Bonchev–Trinajstić information content (AvgIpc) is 2.67. The van der Waals surface area contributed by atoms with Crippen LogP contribution in [0.1, 0.15) is 37.6 Å². The van der Waals surface area contributed by atoms with E-state index in [2.05, 4.69) is 25.9 Å². The number of nitrogens with one attached hydrogen (secondary N) is 1. The van der Waals surface area contributed by atoms with Crippen molar-refractivity contribution in [2.75, 3.05) is 0 Å². The fraction of sp³-hybridized carbons (Fsp3) is 0.400. The Morgan fingerprint density at radius 3 is 2.37 bits per heavy atom. The smallest absolute Gasteiger partial charge is 0.276 e. The van der Waals surface area contributed by atoms with Gasteiger partial charge < -0.3 is 5.73 Å². The number of rotatable bonds is 2. The zero-order valence-corrected chi connectivity index (χ0v) is 11.9. The number of para-hydroxylation sites is 1. The van der Waals surface area contributed by atoms with Crippen LogP contribution < -0.4 is 11.3 Å². The minimum Gasteiger partial charge on any atom is -0.326 e. The van der Waals surface area contributed by atoms with Crippen LogP contribution in [0.25, 0.3) is 5.69 Å². The molecule has 4 heteroatoms. The van der Waals surface area contributed by atoms with Gasteiger partial charge in [-0.2, -0.15) is 0 Å². The number of hydrogen-bond acceptors (Lipinski definition) is 2. The summed E-state index contributed by atoms with van der Waals surface area (Å²) in [5.74, 6) is 0. The van der Waals surface area contributed by atoms with Gasteiger partial charge in [-0.1, -0.05) is 39.0 Å². The lowest BCUT2D eigenvalue weighted by Gasteiger charge is -2.17. The number of nitrogens with two attached hydrogens (primary N) is 1. The highest BCUT2D eigenvalue weighted by Gasteiger charge is 2.24. The zero-order valence-electron chi connectivity index (χ0n) is 11.9. The van der Waals surface area contributed by atoms with Gasteiger partial charge >= 0.3 is 0 Å². The van der Waals surface area contributed by atoms with Gasteiger partial charge in [-0.15, -0.1) is 0 Å². The fourth-order valence-corrected chi connectivity index (χ4v) is 2.27. The SMILES string of the molecule is Cc1ccccc1-n1[nH]c(C(C)(C)C)c(CN)c1=O. The van der Waals surface area contributed by atoms with Gasteiger partial charge in [-0.3, -0.25) is 9.89 Å². The first-order valence-electron chi connectivity index (χ1n) is 6.46. The lowest BCUT2D eigenvalue weighted by Crippen LogP contribution is -2.21. The molecule has 19 heavy (non-hydrogen) atoms. The summed E-state index contributed by atoms with van der Waals surface area (Å²) in [5, 5.41) is 3.22. The second kappa shape index (κ2) is 4.70. The molecule has 0 amide bonds. The first-order chi connectivity index (χ1) is 8.86. The van der Waals surface area contributed by atoms with E-state index in [0.29, 0.717) is 5.56 Å². The molecule has 1 aromatic carbocycles. The summed E-state index contributed by atoms with van der Waals surface area (Å²) in [6.07, 6.45) is 0. The van der Waals surface area contributed by atoms with Crippen LogP contribution in [0.4, 0.5) is 0 Å². The van der Waals surface area contributed by atoms with Gasteiger partial charge in [-0.25, -0.2) is 4.68 Å². The van der Waals surface area contributed by atoms with Crippen molar-refractivity contribution in [2.24, 2.45) is 5.73 Å². The van der Waals surface area contributed by atoms with Crippen LogP contribution in [0.2, 0.25) is 0 Å². The Balaban J connectivity index is 2.71. The molecule has 1 aromatic heterocycles. The van der Waals surface area contributed by atoms with E-state index in [4.69, 9.17) is 5.73 Å². The Labute approximate surface area is 113 Å². The van der Waals surface area contributed by atoms with Crippen LogP contribution >= 0.6 is 0 Å². The minimum atomic E-state index is -0.137. The number of aromatic nitrogens is 2. The topological polar surface area (TPSA) is 63.8 Å². The second-order valence-corrected chi connectivity index (χ2v) is 5.85. The predicted octanol–water partition coefficient (Wildman–Crippen LogP) is 2.23. The van der Waals surface area contributed by atoms with E-state index >= 15 is 0 Å². The molecule has 0 aliphatic heterocycles. The standard InChI is InChI=1S/C15H21N3O/c1-10-7-5-6-8-12(10)18-14(19)11(9-16)13(17-18)15(2,3)4/h5-8,17H,9,16H2,1-4H3. The molecule has 0 atom stereocenters. The van der Waals surface area contributed by atoms with Crippen molar-refractivity contribution in [3.05, 3.63) is 51.4 Å². The summed E-state index contributed by atoms with van der Waals surface area (Å²) in [5.41, 5.74) is 9.05. The molecule has 102 valence electrons. The summed E-state index contributed by atoms with van der Waals surface area (Å²) in [6.45, 7) is 8.45. The van der Waals surface area contributed by atoms with E-state index < -0.39 is 0 Å². The third-order valence-corrected chi connectivity index (χ3v) is 3.30. The van der Waals surface area contributed by atoms with Crippen LogP contribution in [-0.2, 0) is 12.0 Å².